The number of pyridine rings is 1. The van der Waals surface area contributed by atoms with E-state index in [1.54, 1.807) is 6.07 Å². The molecule has 0 atom stereocenters. The van der Waals surface area contributed by atoms with E-state index >= 15 is 0 Å². The maximum Gasteiger partial charge on any atom is 0.258 e. The fourth-order valence-electron chi connectivity index (χ4n) is 3.48. The van der Waals surface area contributed by atoms with E-state index in [0.29, 0.717) is 24.3 Å². The molecule has 1 fully saturated rings. The number of hydrogen-bond donors (Lipinski definition) is 1. The summed E-state index contributed by atoms with van der Waals surface area (Å²) < 4.78 is 15.1. The molecule has 4 rings (SSSR count). The number of benzene rings is 1. The molecule has 8 heteroatoms. The van der Waals surface area contributed by atoms with E-state index in [9.17, 15) is 14.3 Å². The summed E-state index contributed by atoms with van der Waals surface area (Å²) >= 11 is 5.89. The topological polar surface area (TPSA) is 61.1 Å². The van der Waals surface area contributed by atoms with Gasteiger partial charge in [-0.2, -0.15) is 0 Å². The lowest BCUT2D eigenvalue weighted by Gasteiger charge is -2.34. The van der Waals surface area contributed by atoms with Crippen LogP contribution in [0.15, 0.2) is 47.4 Å². The van der Waals surface area contributed by atoms with Crippen LogP contribution >= 0.6 is 11.6 Å². The number of nitrogens with zero attached hydrogens (tertiary/aromatic N) is 4. The summed E-state index contributed by atoms with van der Waals surface area (Å²) in [4.78, 5) is 21.2. The molecule has 2 aromatic heterocycles. The van der Waals surface area contributed by atoms with Crippen LogP contribution < -0.4 is 5.56 Å². The van der Waals surface area contributed by atoms with Crippen molar-refractivity contribution in [3.63, 3.8) is 0 Å². The minimum absolute atomic E-state index is 0.124. The van der Waals surface area contributed by atoms with E-state index < -0.39 is 0 Å². The van der Waals surface area contributed by atoms with Gasteiger partial charge in [0.25, 0.3) is 5.56 Å². The van der Waals surface area contributed by atoms with Crippen molar-refractivity contribution in [1.82, 2.24) is 19.2 Å². The number of fused-ring (bicyclic) bond motifs is 1. The standard InChI is InChI=1S/C20H20ClFN4O2/c21-15-9-18(27)20-23-16(10-19(28)26(20)12-15)13-25-7-5-24(6-8-25)11-14-3-1-2-4-17(14)22/h1-4,9-10,12,27H,5-8,11,13H2. The normalized spacial score (nSPS) is 15.9. The summed E-state index contributed by atoms with van der Waals surface area (Å²) in [6, 6.07) is 9.68. The van der Waals surface area contributed by atoms with Gasteiger partial charge in [0, 0.05) is 63.2 Å². The lowest BCUT2D eigenvalue weighted by molar-refractivity contribution is 0.120. The van der Waals surface area contributed by atoms with Crippen LogP contribution in [-0.4, -0.2) is 50.5 Å². The molecule has 1 saturated heterocycles. The lowest BCUT2D eigenvalue weighted by Crippen LogP contribution is -2.45. The van der Waals surface area contributed by atoms with Gasteiger partial charge in [-0.05, 0) is 6.07 Å². The fourth-order valence-corrected chi connectivity index (χ4v) is 3.68. The van der Waals surface area contributed by atoms with Crippen LogP contribution in [0.4, 0.5) is 4.39 Å². The zero-order valence-electron chi connectivity index (χ0n) is 15.2. The summed E-state index contributed by atoms with van der Waals surface area (Å²) in [5, 5.41) is 10.3. The number of halogens is 2. The zero-order valence-corrected chi connectivity index (χ0v) is 15.9. The Morgan fingerprint density at radius 2 is 1.75 bits per heavy atom. The van der Waals surface area contributed by atoms with Crippen LogP contribution in [-0.2, 0) is 13.1 Å². The highest BCUT2D eigenvalue weighted by Crippen LogP contribution is 2.21. The Labute approximate surface area is 166 Å². The summed E-state index contributed by atoms with van der Waals surface area (Å²) in [7, 11) is 0. The van der Waals surface area contributed by atoms with E-state index in [0.717, 1.165) is 26.2 Å². The molecular formula is C20H20ClFN4O2. The van der Waals surface area contributed by atoms with Crippen LogP contribution in [0.2, 0.25) is 5.02 Å². The Morgan fingerprint density at radius 3 is 2.46 bits per heavy atom. The fraction of sp³-hybridized carbons (Fsp3) is 0.300. The SMILES string of the molecule is O=c1cc(CN2CCN(Cc3ccccc3F)CC2)nc2c(O)cc(Cl)cn12. The van der Waals surface area contributed by atoms with E-state index in [1.807, 2.05) is 12.1 Å². The molecule has 0 bridgehead atoms. The molecule has 0 saturated carbocycles. The minimum atomic E-state index is -0.281. The minimum Gasteiger partial charge on any atom is -0.504 e. The van der Waals surface area contributed by atoms with Crippen molar-refractivity contribution in [2.45, 2.75) is 13.1 Å². The third-order valence-electron chi connectivity index (χ3n) is 4.96. The quantitative estimate of drug-likeness (QED) is 0.726. The Balaban J connectivity index is 1.42. The van der Waals surface area contributed by atoms with Crippen molar-refractivity contribution < 1.29 is 9.50 Å². The molecule has 6 nitrogen and oxygen atoms in total. The number of hydrogen-bond acceptors (Lipinski definition) is 5. The van der Waals surface area contributed by atoms with Gasteiger partial charge < -0.3 is 5.11 Å². The molecule has 0 unspecified atom stereocenters. The molecule has 28 heavy (non-hydrogen) atoms. The van der Waals surface area contributed by atoms with Gasteiger partial charge in [-0.25, -0.2) is 9.37 Å². The predicted molar refractivity (Wildman–Crippen MR) is 105 cm³/mol. The van der Waals surface area contributed by atoms with Gasteiger partial charge >= 0.3 is 0 Å². The molecule has 1 aliphatic rings. The first-order chi connectivity index (χ1) is 13.5. The van der Waals surface area contributed by atoms with Gasteiger partial charge in [0.2, 0.25) is 0 Å². The van der Waals surface area contributed by atoms with Gasteiger partial charge in [0.1, 0.15) is 5.82 Å². The second-order valence-electron chi connectivity index (χ2n) is 6.97. The van der Waals surface area contributed by atoms with Crippen molar-refractivity contribution in [1.29, 1.82) is 0 Å². The average Bonchev–Trinajstić information content (AvgIpc) is 2.66. The second-order valence-corrected chi connectivity index (χ2v) is 7.40. The third-order valence-corrected chi connectivity index (χ3v) is 5.17. The van der Waals surface area contributed by atoms with Gasteiger partial charge in [0.05, 0.1) is 10.7 Å². The Kier molecular flexibility index (Phi) is 5.30. The van der Waals surface area contributed by atoms with Crippen LogP contribution in [0.25, 0.3) is 5.65 Å². The number of aromatic nitrogens is 2. The molecular weight excluding hydrogens is 383 g/mol. The van der Waals surface area contributed by atoms with Gasteiger partial charge in [-0.3, -0.25) is 19.0 Å². The van der Waals surface area contributed by atoms with Crippen LogP contribution in [0.5, 0.6) is 5.75 Å². The van der Waals surface area contributed by atoms with Crippen LogP contribution in [0, 0.1) is 5.82 Å². The van der Waals surface area contributed by atoms with Crippen molar-refractivity contribution >= 4 is 17.2 Å². The first kappa shape index (κ1) is 18.9. The van der Waals surface area contributed by atoms with Gasteiger partial charge in [0.15, 0.2) is 11.4 Å². The predicted octanol–water partition coefficient (Wildman–Crippen LogP) is 2.51. The molecule has 0 spiro atoms. The maximum absolute atomic E-state index is 13.8. The van der Waals surface area contributed by atoms with Crippen molar-refractivity contribution in [3.05, 3.63) is 75.0 Å². The highest BCUT2D eigenvalue weighted by molar-refractivity contribution is 6.30. The smallest absolute Gasteiger partial charge is 0.258 e. The van der Waals surface area contributed by atoms with Crippen LogP contribution in [0.1, 0.15) is 11.3 Å². The summed E-state index contributed by atoms with van der Waals surface area (Å²) in [6.45, 7) is 4.31. The van der Waals surface area contributed by atoms with E-state index in [4.69, 9.17) is 11.6 Å². The Hall–Kier alpha value is -2.48. The lowest BCUT2D eigenvalue weighted by atomic mass is 10.2. The Bertz CT molecular complexity index is 1060. The van der Waals surface area contributed by atoms with Crippen molar-refractivity contribution in [2.24, 2.45) is 0 Å². The van der Waals surface area contributed by atoms with Gasteiger partial charge in [-0.1, -0.05) is 29.8 Å². The largest absolute Gasteiger partial charge is 0.504 e. The summed E-state index contributed by atoms with van der Waals surface area (Å²) in [6.07, 6.45) is 1.44. The second kappa shape index (κ2) is 7.87. The molecule has 3 heterocycles. The molecule has 1 N–H and O–H groups in total. The first-order valence-electron chi connectivity index (χ1n) is 9.08. The molecule has 0 amide bonds. The monoisotopic (exact) mass is 402 g/mol. The molecule has 0 radical (unpaired) electrons. The number of piperazine rings is 1. The molecule has 1 aliphatic heterocycles. The van der Waals surface area contributed by atoms with Gasteiger partial charge in [-0.15, -0.1) is 0 Å². The molecule has 3 aromatic rings. The molecule has 0 aliphatic carbocycles. The maximum atomic E-state index is 13.8. The average molecular weight is 403 g/mol. The number of rotatable bonds is 4. The van der Waals surface area contributed by atoms with Crippen LogP contribution in [0.3, 0.4) is 0 Å². The molecule has 146 valence electrons. The highest BCUT2D eigenvalue weighted by atomic mass is 35.5. The molecule has 1 aromatic carbocycles. The van der Waals surface area contributed by atoms with E-state index in [-0.39, 0.29) is 27.8 Å². The van der Waals surface area contributed by atoms with E-state index in [2.05, 4.69) is 14.8 Å². The zero-order chi connectivity index (χ0) is 19.7. The number of aromatic hydroxyl groups is 1. The Morgan fingerprint density at radius 1 is 1.07 bits per heavy atom. The summed E-state index contributed by atoms with van der Waals surface area (Å²) in [5.74, 6) is -0.299. The van der Waals surface area contributed by atoms with E-state index in [1.165, 1.54) is 28.8 Å². The first-order valence-corrected chi connectivity index (χ1v) is 9.46. The van der Waals surface area contributed by atoms with Crippen molar-refractivity contribution in [3.8, 4) is 5.75 Å². The summed E-state index contributed by atoms with van der Waals surface area (Å²) in [5.41, 5.74) is 1.22. The van der Waals surface area contributed by atoms with Crippen molar-refractivity contribution in [2.75, 3.05) is 26.2 Å². The highest BCUT2D eigenvalue weighted by Gasteiger charge is 2.19. The third kappa shape index (κ3) is 4.01.